The van der Waals surface area contributed by atoms with Crippen molar-refractivity contribution in [3.63, 3.8) is 0 Å². The molecule has 2 unspecified atom stereocenters. The topological polar surface area (TPSA) is 46.2 Å². The minimum absolute atomic E-state index is 0.0296. The van der Waals surface area contributed by atoms with Gasteiger partial charge in [-0.3, -0.25) is 9.59 Å². The molecule has 2 rings (SSSR count). The van der Waals surface area contributed by atoms with Gasteiger partial charge in [-0.25, -0.2) is 0 Å². The first-order valence-electron chi connectivity index (χ1n) is 6.04. The predicted molar refractivity (Wildman–Crippen MR) is 65.8 cm³/mol. The number of rotatable bonds is 4. The van der Waals surface area contributed by atoms with E-state index in [1.54, 1.807) is 6.92 Å². The standard InChI is InChI=1S/C14H17NO2/c1-3-13(16)9(2)15-14(17)12-8-10-6-4-5-7-11(10)12/h4-7,9,12H,3,8H2,1-2H3,(H,15,17). The van der Waals surface area contributed by atoms with Gasteiger partial charge in [-0.05, 0) is 24.5 Å². The van der Waals surface area contributed by atoms with Gasteiger partial charge in [-0.2, -0.15) is 0 Å². The molecule has 2 atom stereocenters. The van der Waals surface area contributed by atoms with Gasteiger partial charge in [0.1, 0.15) is 0 Å². The van der Waals surface area contributed by atoms with E-state index in [1.165, 1.54) is 5.56 Å². The lowest BCUT2D eigenvalue weighted by Crippen LogP contribution is -2.43. The Kier molecular flexibility index (Phi) is 3.27. The largest absolute Gasteiger partial charge is 0.346 e. The maximum atomic E-state index is 12.0. The van der Waals surface area contributed by atoms with Crippen LogP contribution in [0.2, 0.25) is 0 Å². The van der Waals surface area contributed by atoms with E-state index in [0.29, 0.717) is 6.42 Å². The van der Waals surface area contributed by atoms with Crippen LogP contribution in [0.25, 0.3) is 0 Å². The number of Topliss-reactive ketones (excluding diaryl/α,β-unsaturated/α-hetero) is 1. The molecule has 0 heterocycles. The van der Waals surface area contributed by atoms with E-state index in [9.17, 15) is 9.59 Å². The minimum atomic E-state index is -0.375. The van der Waals surface area contributed by atoms with Crippen LogP contribution in [0.1, 0.15) is 37.3 Å². The van der Waals surface area contributed by atoms with E-state index in [-0.39, 0.29) is 23.7 Å². The third-order valence-electron chi connectivity index (χ3n) is 3.36. The molecular formula is C14H17NO2. The lowest BCUT2D eigenvalue weighted by atomic mass is 9.77. The smallest absolute Gasteiger partial charge is 0.228 e. The fourth-order valence-corrected chi connectivity index (χ4v) is 2.19. The van der Waals surface area contributed by atoms with E-state index in [2.05, 4.69) is 5.32 Å². The van der Waals surface area contributed by atoms with Crippen LogP contribution in [-0.4, -0.2) is 17.7 Å². The molecule has 90 valence electrons. The highest BCUT2D eigenvalue weighted by Gasteiger charge is 2.32. The Morgan fingerprint density at radius 3 is 2.76 bits per heavy atom. The van der Waals surface area contributed by atoms with Crippen molar-refractivity contribution in [1.82, 2.24) is 5.32 Å². The SMILES string of the molecule is CCC(=O)C(C)NC(=O)C1Cc2ccccc21. The average molecular weight is 231 g/mol. The highest BCUT2D eigenvalue weighted by Crippen LogP contribution is 2.34. The molecule has 0 aliphatic heterocycles. The molecular weight excluding hydrogens is 214 g/mol. The van der Waals surface area contributed by atoms with E-state index in [4.69, 9.17) is 0 Å². The Morgan fingerprint density at radius 2 is 2.12 bits per heavy atom. The third-order valence-corrected chi connectivity index (χ3v) is 3.36. The summed E-state index contributed by atoms with van der Waals surface area (Å²) < 4.78 is 0. The highest BCUT2D eigenvalue weighted by atomic mass is 16.2. The number of carbonyl (C=O) groups excluding carboxylic acids is 2. The minimum Gasteiger partial charge on any atom is -0.346 e. The Bertz CT molecular complexity index is 453. The summed E-state index contributed by atoms with van der Waals surface area (Å²) in [4.78, 5) is 23.4. The van der Waals surface area contributed by atoms with Crippen LogP contribution in [0.15, 0.2) is 24.3 Å². The Hall–Kier alpha value is -1.64. The van der Waals surface area contributed by atoms with E-state index in [1.807, 2.05) is 31.2 Å². The molecule has 0 spiro atoms. The van der Waals surface area contributed by atoms with Gasteiger partial charge >= 0.3 is 0 Å². The second-order valence-corrected chi connectivity index (χ2v) is 4.51. The van der Waals surface area contributed by atoms with Crippen molar-refractivity contribution in [1.29, 1.82) is 0 Å². The molecule has 1 aliphatic carbocycles. The van der Waals surface area contributed by atoms with Crippen LogP contribution in [0, 0.1) is 0 Å². The number of amides is 1. The molecule has 0 bridgehead atoms. The summed E-state index contributed by atoms with van der Waals surface area (Å²) >= 11 is 0. The van der Waals surface area contributed by atoms with Gasteiger partial charge in [0.15, 0.2) is 5.78 Å². The molecule has 3 nitrogen and oxygen atoms in total. The van der Waals surface area contributed by atoms with Crippen LogP contribution in [0.5, 0.6) is 0 Å². The summed E-state index contributed by atoms with van der Waals surface area (Å²) in [7, 11) is 0. The second-order valence-electron chi connectivity index (χ2n) is 4.51. The van der Waals surface area contributed by atoms with Crippen molar-refractivity contribution in [3.05, 3.63) is 35.4 Å². The van der Waals surface area contributed by atoms with Gasteiger partial charge in [0.05, 0.1) is 12.0 Å². The van der Waals surface area contributed by atoms with Gasteiger partial charge in [-0.15, -0.1) is 0 Å². The van der Waals surface area contributed by atoms with Crippen molar-refractivity contribution in [2.24, 2.45) is 0 Å². The van der Waals surface area contributed by atoms with Crippen LogP contribution in [0.4, 0.5) is 0 Å². The second kappa shape index (κ2) is 4.70. The first-order valence-corrected chi connectivity index (χ1v) is 6.04. The van der Waals surface area contributed by atoms with Gasteiger partial charge in [-0.1, -0.05) is 31.2 Å². The zero-order valence-corrected chi connectivity index (χ0v) is 10.2. The van der Waals surface area contributed by atoms with Gasteiger partial charge in [0.2, 0.25) is 5.91 Å². The first-order chi connectivity index (χ1) is 8.13. The molecule has 1 aliphatic rings. The summed E-state index contributed by atoms with van der Waals surface area (Å²) in [6.07, 6.45) is 1.25. The van der Waals surface area contributed by atoms with E-state index < -0.39 is 0 Å². The molecule has 1 aromatic carbocycles. The summed E-state index contributed by atoms with van der Waals surface area (Å²) in [5.41, 5.74) is 2.34. The van der Waals surface area contributed by atoms with Crippen molar-refractivity contribution < 1.29 is 9.59 Å². The Balaban J connectivity index is 1.98. The highest BCUT2D eigenvalue weighted by molar-refractivity contribution is 5.92. The van der Waals surface area contributed by atoms with E-state index >= 15 is 0 Å². The van der Waals surface area contributed by atoms with Crippen LogP contribution in [-0.2, 0) is 16.0 Å². The zero-order chi connectivity index (χ0) is 12.4. The number of hydrogen-bond acceptors (Lipinski definition) is 2. The number of hydrogen-bond donors (Lipinski definition) is 1. The van der Waals surface area contributed by atoms with Crippen LogP contribution < -0.4 is 5.32 Å². The summed E-state index contributed by atoms with van der Waals surface area (Å²) in [6.45, 7) is 3.55. The quantitative estimate of drug-likeness (QED) is 0.859. The van der Waals surface area contributed by atoms with Gasteiger partial charge < -0.3 is 5.32 Å². The third kappa shape index (κ3) is 2.23. The fourth-order valence-electron chi connectivity index (χ4n) is 2.19. The maximum Gasteiger partial charge on any atom is 0.228 e. The number of nitrogens with one attached hydrogen (secondary N) is 1. The van der Waals surface area contributed by atoms with Crippen LogP contribution in [0.3, 0.4) is 0 Å². The van der Waals surface area contributed by atoms with E-state index in [0.717, 1.165) is 12.0 Å². The maximum absolute atomic E-state index is 12.0. The normalized spacial score (nSPS) is 18.8. The molecule has 3 heteroatoms. The molecule has 0 saturated heterocycles. The van der Waals surface area contributed by atoms with Crippen molar-refractivity contribution in [2.75, 3.05) is 0 Å². The molecule has 0 radical (unpaired) electrons. The summed E-state index contributed by atoms with van der Waals surface area (Å²) in [5, 5.41) is 2.78. The number of benzene rings is 1. The van der Waals surface area contributed by atoms with Gasteiger partial charge in [0.25, 0.3) is 0 Å². The molecule has 0 fully saturated rings. The van der Waals surface area contributed by atoms with Crippen LogP contribution >= 0.6 is 0 Å². The zero-order valence-electron chi connectivity index (χ0n) is 10.2. The van der Waals surface area contributed by atoms with Crippen molar-refractivity contribution in [2.45, 2.75) is 38.6 Å². The Labute approximate surface area is 101 Å². The molecule has 1 aromatic rings. The fraction of sp³-hybridized carbons (Fsp3) is 0.429. The number of ketones is 1. The molecule has 1 N–H and O–H groups in total. The molecule has 0 saturated carbocycles. The number of carbonyl (C=O) groups is 2. The van der Waals surface area contributed by atoms with Crippen molar-refractivity contribution in [3.8, 4) is 0 Å². The molecule has 1 amide bonds. The monoisotopic (exact) mass is 231 g/mol. The lowest BCUT2D eigenvalue weighted by molar-refractivity contribution is -0.128. The summed E-state index contributed by atoms with van der Waals surface area (Å²) in [6, 6.07) is 7.57. The number of fused-ring (bicyclic) bond motifs is 1. The molecule has 17 heavy (non-hydrogen) atoms. The first kappa shape index (κ1) is 11.8. The predicted octanol–water partition coefficient (Wildman–Crippen LogP) is 1.81. The van der Waals surface area contributed by atoms with Crippen molar-refractivity contribution >= 4 is 11.7 Å². The summed E-state index contributed by atoms with van der Waals surface area (Å²) in [5.74, 6) is -0.0257. The van der Waals surface area contributed by atoms with Gasteiger partial charge in [0, 0.05) is 6.42 Å². The Morgan fingerprint density at radius 1 is 1.41 bits per heavy atom. The lowest BCUT2D eigenvalue weighted by Gasteiger charge is -2.29. The average Bonchev–Trinajstić information content (AvgIpc) is 2.29. The molecule has 0 aromatic heterocycles.